The Labute approximate surface area is 278 Å². The Morgan fingerprint density at radius 3 is 2.19 bits per heavy atom. The van der Waals surface area contributed by atoms with E-state index in [4.69, 9.17) is 9.40 Å². The molecule has 0 radical (unpaired) electrons. The van der Waals surface area contributed by atoms with Crippen molar-refractivity contribution in [3.63, 3.8) is 0 Å². The standard InChI is InChI=1S/C43H25NOS2/c1-3-11-30-26(9-1)17-21-34-32-20-18-29(25-38(32)45-42(30)34)35(28-19-22-40-36(24-28)33-13-5-7-15-39(33)46-40)23-27-10-2-4-12-31(27)43-44-37-14-6-8-16-41(37)47-43/h1-25H/b35-23-. The van der Waals surface area contributed by atoms with Crippen molar-refractivity contribution in [2.75, 3.05) is 0 Å². The number of thiophene rings is 1. The number of rotatable bonds is 4. The third-order valence-electron chi connectivity index (χ3n) is 9.15. The Hall–Kier alpha value is -5.55. The first kappa shape index (κ1) is 26.6. The van der Waals surface area contributed by atoms with Crippen LogP contribution in [0.1, 0.15) is 16.7 Å². The molecule has 0 saturated heterocycles. The van der Waals surface area contributed by atoms with E-state index in [1.165, 1.54) is 35.8 Å². The number of hydrogen-bond acceptors (Lipinski definition) is 4. The first-order valence-corrected chi connectivity index (χ1v) is 17.3. The van der Waals surface area contributed by atoms with Crippen molar-refractivity contribution in [3.05, 3.63) is 162 Å². The van der Waals surface area contributed by atoms with Crippen LogP contribution in [0.2, 0.25) is 0 Å². The molecule has 2 nitrogen and oxygen atoms in total. The predicted octanol–water partition coefficient (Wildman–Crippen LogP) is 13.0. The molecule has 10 rings (SSSR count). The minimum atomic E-state index is 0.890. The normalized spacial score (nSPS) is 12.4. The lowest BCUT2D eigenvalue weighted by Gasteiger charge is -2.12. The van der Waals surface area contributed by atoms with Crippen LogP contribution in [0.3, 0.4) is 0 Å². The van der Waals surface area contributed by atoms with E-state index in [1.807, 2.05) is 11.3 Å². The zero-order valence-electron chi connectivity index (χ0n) is 25.1. The highest BCUT2D eigenvalue weighted by atomic mass is 32.1. The van der Waals surface area contributed by atoms with Gasteiger partial charge >= 0.3 is 0 Å². The van der Waals surface area contributed by atoms with Crippen LogP contribution in [0.25, 0.3) is 85.3 Å². The molecule has 0 aliphatic heterocycles. The van der Waals surface area contributed by atoms with Gasteiger partial charge in [0.25, 0.3) is 0 Å². The molecule has 0 saturated carbocycles. The quantitative estimate of drug-likeness (QED) is 0.180. The van der Waals surface area contributed by atoms with E-state index in [0.717, 1.165) is 60.1 Å². The van der Waals surface area contributed by atoms with Crippen LogP contribution in [0.15, 0.2) is 150 Å². The van der Waals surface area contributed by atoms with Crippen molar-refractivity contribution < 1.29 is 4.42 Å². The predicted molar refractivity (Wildman–Crippen MR) is 203 cm³/mol. The van der Waals surface area contributed by atoms with Crippen LogP contribution in [-0.4, -0.2) is 4.98 Å². The average molecular weight is 636 g/mol. The van der Waals surface area contributed by atoms with Crippen LogP contribution in [0, 0.1) is 0 Å². The van der Waals surface area contributed by atoms with Gasteiger partial charge in [0.05, 0.1) is 10.2 Å². The molecule has 3 aromatic heterocycles. The molecule has 0 fully saturated rings. The summed E-state index contributed by atoms with van der Waals surface area (Å²) in [6.07, 6.45) is 2.33. The topological polar surface area (TPSA) is 26.0 Å². The van der Waals surface area contributed by atoms with E-state index in [2.05, 4.69) is 152 Å². The molecule has 0 spiro atoms. The van der Waals surface area contributed by atoms with Crippen molar-refractivity contribution in [2.45, 2.75) is 0 Å². The summed E-state index contributed by atoms with van der Waals surface area (Å²) in [5.41, 5.74) is 8.54. The molecule has 10 aromatic rings. The molecular weight excluding hydrogens is 611 g/mol. The fourth-order valence-corrected chi connectivity index (χ4v) is 8.96. The monoisotopic (exact) mass is 635 g/mol. The van der Waals surface area contributed by atoms with Crippen LogP contribution >= 0.6 is 22.7 Å². The third kappa shape index (κ3) is 4.34. The van der Waals surface area contributed by atoms with Crippen molar-refractivity contribution >= 4 is 97.4 Å². The van der Waals surface area contributed by atoms with E-state index >= 15 is 0 Å². The van der Waals surface area contributed by atoms with Gasteiger partial charge in [0.15, 0.2) is 0 Å². The fraction of sp³-hybridized carbons (Fsp3) is 0. The van der Waals surface area contributed by atoms with Gasteiger partial charge in [-0.15, -0.1) is 22.7 Å². The number of thiazole rings is 1. The minimum Gasteiger partial charge on any atom is -0.455 e. The van der Waals surface area contributed by atoms with Gasteiger partial charge in [-0.05, 0) is 82.3 Å². The lowest BCUT2D eigenvalue weighted by molar-refractivity contribution is 0.672. The molecule has 220 valence electrons. The zero-order chi connectivity index (χ0) is 30.9. The largest absolute Gasteiger partial charge is 0.455 e. The van der Waals surface area contributed by atoms with Crippen molar-refractivity contribution in [3.8, 4) is 10.6 Å². The van der Waals surface area contributed by atoms with E-state index in [-0.39, 0.29) is 0 Å². The maximum absolute atomic E-state index is 6.65. The smallest absolute Gasteiger partial charge is 0.143 e. The van der Waals surface area contributed by atoms with E-state index in [1.54, 1.807) is 11.3 Å². The molecule has 0 atom stereocenters. The Morgan fingerprint density at radius 2 is 1.26 bits per heavy atom. The second-order valence-electron chi connectivity index (χ2n) is 11.9. The maximum Gasteiger partial charge on any atom is 0.143 e. The zero-order valence-corrected chi connectivity index (χ0v) is 26.7. The molecular formula is C43H25NOS2. The first-order valence-electron chi connectivity index (χ1n) is 15.7. The highest BCUT2D eigenvalue weighted by Gasteiger charge is 2.16. The SMILES string of the molecule is C(=C(/c1ccc2c(c1)oc1c3ccccc3ccc21)c1ccc2sc3ccccc3c2c1)/c1ccccc1-c1nc2ccccc2s1. The summed E-state index contributed by atoms with van der Waals surface area (Å²) in [4.78, 5) is 5.03. The maximum atomic E-state index is 6.65. The van der Waals surface area contributed by atoms with E-state index in [0.29, 0.717) is 0 Å². The second-order valence-corrected chi connectivity index (χ2v) is 14.0. The summed E-state index contributed by atoms with van der Waals surface area (Å²) in [6.45, 7) is 0. The molecule has 3 heterocycles. The molecule has 0 bridgehead atoms. The van der Waals surface area contributed by atoms with Crippen LogP contribution in [0.5, 0.6) is 0 Å². The van der Waals surface area contributed by atoms with Crippen molar-refractivity contribution in [1.82, 2.24) is 4.98 Å². The van der Waals surface area contributed by atoms with Crippen LogP contribution < -0.4 is 0 Å². The van der Waals surface area contributed by atoms with E-state index in [9.17, 15) is 0 Å². The van der Waals surface area contributed by atoms with Gasteiger partial charge in [-0.25, -0.2) is 4.98 Å². The van der Waals surface area contributed by atoms with Crippen molar-refractivity contribution in [1.29, 1.82) is 0 Å². The average Bonchev–Trinajstić information content (AvgIpc) is 3.83. The number of benzene rings is 7. The summed E-state index contributed by atoms with van der Waals surface area (Å²) in [7, 11) is 0. The molecule has 4 heteroatoms. The molecule has 47 heavy (non-hydrogen) atoms. The van der Waals surface area contributed by atoms with Crippen molar-refractivity contribution in [2.24, 2.45) is 0 Å². The number of aromatic nitrogens is 1. The molecule has 0 aliphatic rings. The van der Waals surface area contributed by atoms with Gasteiger partial charge < -0.3 is 4.42 Å². The number of nitrogens with zero attached hydrogens (tertiary/aromatic N) is 1. The molecule has 0 N–H and O–H groups in total. The Kier molecular flexibility index (Phi) is 5.95. The molecule has 7 aromatic carbocycles. The summed E-state index contributed by atoms with van der Waals surface area (Å²) in [5, 5.41) is 8.19. The molecule has 0 amide bonds. The number of fused-ring (bicyclic) bond motifs is 9. The van der Waals surface area contributed by atoms with Crippen LogP contribution in [-0.2, 0) is 0 Å². The Balaban J connectivity index is 1.21. The fourth-order valence-electron chi connectivity index (χ4n) is 6.86. The van der Waals surface area contributed by atoms with Gasteiger partial charge in [-0.2, -0.15) is 0 Å². The third-order valence-corrected chi connectivity index (χ3v) is 11.4. The lowest BCUT2D eigenvalue weighted by atomic mass is 9.92. The number of hydrogen-bond donors (Lipinski definition) is 0. The summed E-state index contributed by atoms with van der Waals surface area (Å²) in [5.74, 6) is 0. The molecule has 0 aliphatic carbocycles. The Bertz CT molecular complexity index is 2830. The highest BCUT2D eigenvalue weighted by Crippen LogP contribution is 2.41. The number of furan rings is 1. The number of para-hydroxylation sites is 1. The van der Waals surface area contributed by atoms with Gasteiger partial charge in [0.2, 0.25) is 0 Å². The molecule has 0 unspecified atom stereocenters. The van der Waals surface area contributed by atoms with Gasteiger partial charge in [-0.1, -0.05) is 97.1 Å². The highest BCUT2D eigenvalue weighted by molar-refractivity contribution is 7.25. The summed E-state index contributed by atoms with van der Waals surface area (Å²) >= 11 is 3.59. The Morgan fingerprint density at radius 1 is 0.532 bits per heavy atom. The van der Waals surface area contributed by atoms with Gasteiger partial charge in [0, 0.05) is 41.9 Å². The van der Waals surface area contributed by atoms with Crippen LogP contribution in [0.4, 0.5) is 0 Å². The summed E-state index contributed by atoms with van der Waals surface area (Å²) in [6, 6.07) is 52.0. The summed E-state index contributed by atoms with van der Waals surface area (Å²) < 4.78 is 10.4. The van der Waals surface area contributed by atoms with Gasteiger partial charge in [-0.3, -0.25) is 0 Å². The first-order chi connectivity index (χ1) is 23.3. The lowest BCUT2D eigenvalue weighted by Crippen LogP contribution is -1.90. The van der Waals surface area contributed by atoms with E-state index < -0.39 is 0 Å². The van der Waals surface area contributed by atoms with Gasteiger partial charge in [0.1, 0.15) is 16.2 Å². The second kappa shape index (κ2) is 10.5. The minimum absolute atomic E-state index is 0.890.